The van der Waals surface area contributed by atoms with E-state index < -0.39 is 17.7 Å². The molecule has 1 aliphatic heterocycles. The largest absolute Gasteiger partial charge is 0.507 e. The molecule has 5 rings (SSSR count). The molecule has 10 heteroatoms. The highest BCUT2D eigenvalue weighted by Gasteiger charge is 2.48. The number of hydrogen-bond donors (Lipinski definition) is 1. The van der Waals surface area contributed by atoms with Crippen molar-refractivity contribution in [3.63, 3.8) is 0 Å². The third kappa shape index (κ3) is 5.31. The number of aliphatic hydroxyl groups excluding tert-OH is 1. The van der Waals surface area contributed by atoms with Gasteiger partial charge < -0.3 is 9.84 Å². The minimum atomic E-state index is -0.905. The minimum Gasteiger partial charge on any atom is -0.507 e. The van der Waals surface area contributed by atoms with Gasteiger partial charge in [0.2, 0.25) is 5.13 Å². The predicted octanol–water partition coefficient (Wildman–Crippen LogP) is 6.51. The molecule has 1 amide bonds. The summed E-state index contributed by atoms with van der Waals surface area (Å²) in [5.41, 5.74) is 2.10. The first-order valence-electron chi connectivity index (χ1n) is 11.8. The van der Waals surface area contributed by atoms with Gasteiger partial charge in [0.15, 0.2) is 4.34 Å². The first kappa shape index (κ1) is 26.0. The third-order valence-electron chi connectivity index (χ3n) is 5.85. The van der Waals surface area contributed by atoms with Crippen LogP contribution in [-0.2, 0) is 15.3 Å². The highest BCUT2D eigenvalue weighted by molar-refractivity contribution is 8.00. The molecule has 1 aromatic heterocycles. The van der Waals surface area contributed by atoms with Crippen molar-refractivity contribution in [3.8, 4) is 5.75 Å². The normalized spacial score (nSPS) is 16.7. The first-order chi connectivity index (χ1) is 18.5. The van der Waals surface area contributed by atoms with Crippen molar-refractivity contribution < 1.29 is 19.4 Å². The topological polar surface area (TPSA) is 92.6 Å². The molecule has 7 nitrogen and oxygen atoms in total. The second-order valence-electron chi connectivity index (χ2n) is 8.31. The monoisotopic (exact) mass is 563 g/mol. The van der Waals surface area contributed by atoms with Crippen molar-refractivity contribution in [1.82, 2.24) is 10.2 Å². The Hall–Kier alpha value is -3.66. The number of anilines is 1. The molecule has 1 fully saturated rings. The summed E-state index contributed by atoms with van der Waals surface area (Å²) in [6.07, 6.45) is 0. The molecule has 0 saturated carbocycles. The van der Waals surface area contributed by atoms with Crippen LogP contribution in [0.3, 0.4) is 0 Å². The second-order valence-corrected chi connectivity index (χ2v) is 10.9. The van der Waals surface area contributed by atoms with Gasteiger partial charge in [0.25, 0.3) is 5.78 Å². The fraction of sp³-hybridized carbons (Fsp3) is 0.143. The second kappa shape index (κ2) is 11.4. The number of thioether (sulfide) groups is 1. The van der Waals surface area contributed by atoms with Crippen LogP contribution in [0.4, 0.5) is 5.13 Å². The minimum absolute atomic E-state index is 0.0135. The number of aromatic nitrogens is 2. The van der Waals surface area contributed by atoms with Crippen LogP contribution in [0.15, 0.2) is 88.8 Å². The van der Waals surface area contributed by atoms with Gasteiger partial charge in [0, 0.05) is 16.3 Å². The maximum Gasteiger partial charge on any atom is 0.301 e. The number of Topliss-reactive ketones (excluding diaryl/α,β-unsaturated/α-hetero) is 1. The SMILES string of the molecule is CCOc1cccc(C2C(=C(O)c3ccccc3)C(=O)C(=O)N2c2nnc(SCc3ccc(Cl)cc3)s2)c1. The Labute approximate surface area is 232 Å². The fourth-order valence-electron chi connectivity index (χ4n) is 4.12. The number of halogens is 1. The Kier molecular flexibility index (Phi) is 7.78. The quantitative estimate of drug-likeness (QED) is 0.0858. The lowest BCUT2D eigenvalue weighted by Gasteiger charge is -2.23. The van der Waals surface area contributed by atoms with E-state index in [1.54, 1.807) is 48.5 Å². The average Bonchev–Trinajstić information content (AvgIpc) is 3.51. The van der Waals surface area contributed by atoms with Gasteiger partial charge in [-0.2, -0.15) is 0 Å². The number of carbonyl (C=O) groups is 2. The maximum atomic E-state index is 13.4. The molecule has 0 aliphatic carbocycles. The summed E-state index contributed by atoms with van der Waals surface area (Å²) in [4.78, 5) is 28.0. The number of nitrogens with zero attached hydrogens (tertiary/aromatic N) is 3. The number of ketones is 1. The fourth-order valence-corrected chi connectivity index (χ4v) is 6.07. The molecule has 4 aromatic rings. The van der Waals surface area contributed by atoms with E-state index in [4.69, 9.17) is 16.3 Å². The lowest BCUT2D eigenvalue weighted by molar-refractivity contribution is -0.132. The number of hydrogen-bond acceptors (Lipinski definition) is 8. The molecule has 38 heavy (non-hydrogen) atoms. The van der Waals surface area contributed by atoms with Crippen molar-refractivity contribution in [1.29, 1.82) is 0 Å². The Morgan fingerprint density at radius 3 is 2.55 bits per heavy atom. The van der Waals surface area contributed by atoms with Gasteiger partial charge in [-0.05, 0) is 42.3 Å². The van der Waals surface area contributed by atoms with Gasteiger partial charge >= 0.3 is 5.91 Å². The zero-order valence-electron chi connectivity index (χ0n) is 20.2. The van der Waals surface area contributed by atoms with E-state index in [0.29, 0.717) is 38.6 Å². The van der Waals surface area contributed by atoms with Crippen molar-refractivity contribution in [2.75, 3.05) is 11.5 Å². The Morgan fingerprint density at radius 2 is 1.82 bits per heavy atom. The van der Waals surface area contributed by atoms with Gasteiger partial charge in [-0.15, -0.1) is 10.2 Å². The van der Waals surface area contributed by atoms with Crippen LogP contribution in [0.5, 0.6) is 5.75 Å². The summed E-state index contributed by atoms with van der Waals surface area (Å²) >= 11 is 8.65. The van der Waals surface area contributed by atoms with Crippen LogP contribution in [0.1, 0.15) is 29.7 Å². The standard InChI is InChI=1S/C28H22ClN3O4S2/c1-2-36-21-10-6-9-19(15-21)23-22(24(33)18-7-4-3-5-8-18)25(34)26(35)32(23)27-30-31-28(38-27)37-16-17-11-13-20(29)14-12-17/h3-15,23,33H,2,16H2,1H3. The van der Waals surface area contributed by atoms with E-state index in [1.165, 1.54) is 28.0 Å². The van der Waals surface area contributed by atoms with E-state index in [9.17, 15) is 14.7 Å². The molecule has 1 atom stereocenters. The summed E-state index contributed by atoms with van der Waals surface area (Å²) in [7, 11) is 0. The van der Waals surface area contributed by atoms with Gasteiger partial charge in [-0.1, -0.05) is 89.3 Å². The van der Waals surface area contributed by atoms with Crippen molar-refractivity contribution in [2.24, 2.45) is 0 Å². The maximum absolute atomic E-state index is 13.4. The van der Waals surface area contributed by atoms with E-state index in [2.05, 4.69) is 10.2 Å². The Morgan fingerprint density at radius 1 is 1.05 bits per heavy atom. The number of benzene rings is 3. The Bertz CT molecular complexity index is 1510. The predicted molar refractivity (Wildman–Crippen MR) is 150 cm³/mol. The molecular formula is C28H22ClN3O4S2. The van der Waals surface area contributed by atoms with Crippen LogP contribution in [-0.4, -0.2) is 33.6 Å². The van der Waals surface area contributed by atoms with Gasteiger partial charge in [0.1, 0.15) is 11.5 Å². The van der Waals surface area contributed by atoms with Crippen LogP contribution in [0.25, 0.3) is 5.76 Å². The third-order valence-corrected chi connectivity index (χ3v) is 8.23. The number of ether oxygens (including phenoxy) is 1. The Balaban J connectivity index is 1.54. The highest BCUT2D eigenvalue weighted by Crippen LogP contribution is 2.44. The van der Waals surface area contributed by atoms with E-state index in [0.717, 1.165) is 5.56 Å². The molecule has 2 heterocycles. The van der Waals surface area contributed by atoms with Crippen molar-refractivity contribution in [3.05, 3.63) is 106 Å². The number of amides is 1. The summed E-state index contributed by atoms with van der Waals surface area (Å²) < 4.78 is 6.30. The van der Waals surface area contributed by atoms with Crippen LogP contribution >= 0.6 is 34.7 Å². The summed E-state index contributed by atoms with van der Waals surface area (Å²) in [6.45, 7) is 2.33. The lowest BCUT2D eigenvalue weighted by Crippen LogP contribution is -2.29. The molecule has 192 valence electrons. The summed E-state index contributed by atoms with van der Waals surface area (Å²) in [5.74, 6) is -0.589. The highest BCUT2D eigenvalue weighted by atomic mass is 35.5. The molecule has 1 saturated heterocycles. The molecule has 0 radical (unpaired) electrons. The first-order valence-corrected chi connectivity index (χ1v) is 13.9. The molecule has 1 N–H and O–H groups in total. The van der Waals surface area contributed by atoms with Crippen LogP contribution in [0, 0.1) is 0 Å². The zero-order valence-corrected chi connectivity index (χ0v) is 22.6. The molecule has 3 aromatic carbocycles. The average molecular weight is 564 g/mol. The van der Waals surface area contributed by atoms with Gasteiger partial charge in [0.05, 0.1) is 18.2 Å². The van der Waals surface area contributed by atoms with Crippen molar-refractivity contribution >= 4 is 57.3 Å². The molecule has 0 bridgehead atoms. The van der Waals surface area contributed by atoms with E-state index >= 15 is 0 Å². The van der Waals surface area contributed by atoms with E-state index in [1.807, 2.05) is 37.3 Å². The van der Waals surface area contributed by atoms with Crippen LogP contribution < -0.4 is 9.64 Å². The van der Waals surface area contributed by atoms with Crippen molar-refractivity contribution in [2.45, 2.75) is 23.1 Å². The molecule has 1 unspecified atom stereocenters. The number of rotatable bonds is 8. The summed E-state index contributed by atoms with van der Waals surface area (Å²) in [6, 6.07) is 22.5. The zero-order chi connectivity index (χ0) is 26.6. The summed E-state index contributed by atoms with van der Waals surface area (Å²) in [5, 5.41) is 20.7. The molecule has 0 spiro atoms. The number of aliphatic hydroxyl groups is 1. The van der Waals surface area contributed by atoms with Gasteiger partial charge in [-0.25, -0.2) is 0 Å². The smallest absolute Gasteiger partial charge is 0.301 e. The molecular weight excluding hydrogens is 542 g/mol. The van der Waals surface area contributed by atoms with E-state index in [-0.39, 0.29) is 16.5 Å². The number of carbonyl (C=O) groups excluding carboxylic acids is 2. The van der Waals surface area contributed by atoms with Gasteiger partial charge in [-0.3, -0.25) is 14.5 Å². The van der Waals surface area contributed by atoms with Crippen LogP contribution in [0.2, 0.25) is 5.02 Å². The molecule has 1 aliphatic rings. The lowest BCUT2D eigenvalue weighted by atomic mass is 9.95.